The molecular weight excluding hydrogens is 192 g/mol. The van der Waals surface area contributed by atoms with Crippen LogP contribution in [-0.2, 0) is 0 Å². The molecular formula is C11H12N2O2. The lowest BCUT2D eigenvalue weighted by atomic mass is 10.1. The molecule has 0 aliphatic rings. The van der Waals surface area contributed by atoms with Crippen molar-refractivity contribution in [1.82, 2.24) is 4.90 Å². The van der Waals surface area contributed by atoms with Gasteiger partial charge in [0.25, 0.3) is 5.91 Å². The molecule has 0 spiro atoms. The zero-order valence-electron chi connectivity index (χ0n) is 8.69. The number of aryl methyl sites for hydroxylation is 1. The van der Waals surface area contributed by atoms with Gasteiger partial charge in [-0.3, -0.25) is 4.79 Å². The monoisotopic (exact) mass is 204 g/mol. The third kappa shape index (κ3) is 2.47. The van der Waals surface area contributed by atoms with Crippen LogP contribution >= 0.6 is 0 Å². The topological polar surface area (TPSA) is 64.3 Å². The number of nitriles is 1. The molecule has 0 radical (unpaired) electrons. The van der Waals surface area contributed by atoms with Gasteiger partial charge in [0.05, 0.1) is 6.07 Å². The van der Waals surface area contributed by atoms with E-state index in [0.717, 1.165) is 5.56 Å². The van der Waals surface area contributed by atoms with Crippen LogP contribution < -0.4 is 0 Å². The fraction of sp³-hybridized carbons (Fsp3) is 0.273. The van der Waals surface area contributed by atoms with E-state index in [2.05, 4.69) is 0 Å². The predicted octanol–water partition coefficient (Wildman–Crippen LogP) is 1.30. The molecule has 4 heteroatoms. The summed E-state index contributed by atoms with van der Waals surface area (Å²) >= 11 is 0. The highest BCUT2D eigenvalue weighted by Crippen LogP contribution is 2.18. The van der Waals surface area contributed by atoms with Gasteiger partial charge in [-0.2, -0.15) is 5.26 Å². The molecule has 0 saturated carbocycles. The SMILES string of the molecule is Cc1ccc(C(=O)N(C)CC#N)cc1O. The van der Waals surface area contributed by atoms with Gasteiger partial charge in [0, 0.05) is 12.6 Å². The van der Waals surface area contributed by atoms with Crippen molar-refractivity contribution in [2.24, 2.45) is 0 Å². The smallest absolute Gasteiger partial charge is 0.254 e. The minimum Gasteiger partial charge on any atom is -0.508 e. The van der Waals surface area contributed by atoms with Crippen molar-refractivity contribution in [2.45, 2.75) is 6.92 Å². The molecule has 4 nitrogen and oxygen atoms in total. The van der Waals surface area contributed by atoms with Crippen LogP contribution in [0.25, 0.3) is 0 Å². The molecule has 78 valence electrons. The van der Waals surface area contributed by atoms with Crippen LogP contribution in [0.15, 0.2) is 18.2 Å². The van der Waals surface area contributed by atoms with Gasteiger partial charge in [-0.15, -0.1) is 0 Å². The number of hydrogen-bond donors (Lipinski definition) is 1. The van der Waals surface area contributed by atoms with E-state index in [9.17, 15) is 9.90 Å². The van der Waals surface area contributed by atoms with Gasteiger partial charge in [-0.25, -0.2) is 0 Å². The molecule has 0 aromatic heterocycles. The second-order valence-electron chi connectivity index (χ2n) is 3.32. The van der Waals surface area contributed by atoms with Gasteiger partial charge in [0.15, 0.2) is 0 Å². The number of aromatic hydroxyl groups is 1. The summed E-state index contributed by atoms with van der Waals surface area (Å²) in [5, 5.41) is 17.9. The molecule has 1 rings (SSSR count). The Balaban J connectivity index is 2.93. The van der Waals surface area contributed by atoms with Crippen molar-refractivity contribution in [3.8, 4) is 11.8 Å². The Morgan fingerprint density at radius 1 is 1.60 bits per heavy atom. The Kier molecular flexibility index (Phi) is 3.29. The van der Waals surface area contributed by atoms with Crippen LogP contribution in [0.3, 0.4) is 0 Å². The summed E-state index contributed by atoms with van der Waals surface area (Å²) in [6, 6.07) is 6.59. The number of rotatable bonds is 2. The van der Waals surface area contributed by atoms with E-state index >= 15 is 0 Å². The van der Waals surface area contributed by atoms with E-state index in [1.54, 1.807) is 26.1 Å². The highest BCUT2D eigenvalue weighted by molar-refractivity contribution is 5.94. The Morgan fingerprint density at radius 2 is 2.27 bits per heavy atom. The summed E-state index contributed by atoms with van der Waals surface area (Å²) < 4.78 is 0. The summed E-state index contributed by atoms with van der Waals surface area (Å²) in [5.41, 5.74) is 1.10. The Morgan fingerprint density at radius 3 is 2.80 bits per heavy atom. The largest absolute Gasteiger partial charge is 0.508 e. The maximum absolute atomic E-state index is 11.7. The number of benzene rings is 1. The van der Waals surface area contributed by atoms with Crippen LogP contribution in [0.2, 0.25) is 0 Å². The number of nitrogens with zero attached hydrogens (tertiary/aromatic N) is 2. The molecule has 1 aromatic carbocycles. The van der Waals surface area contributed by atoms with Crippen molar-refractivity contribution < 1.29 is 9.90 Å². The lowest BCUT2D eigenvalue weighted by Crippen LogP contribution is -2.26. The van der Waals surface area contributed by atoms with Crippen molar-refractivity contribution in [3.63, 3.8) is 0 Å². The fourth-order valence-corrected chi connectivity index (χ4v) is 1.14. The molecule has 0 atom stereocenters. The first-order valence-corrected chi connectivity index (χ1v) is 4.48. The highest BCUT2D eigenvalue weighted by atomic mass is 16.3. The molecule has 0 bridgehead atoms. The lowest BCUT2D eigenvalue weighted by molar-refractivity contribution is 0.0811. The third-order valence-corrected chi connectivity index (χ3v) is 2.11. The van der Waals surface area contributed by atoms with Gasteiger partial charge < -0.3 is 10.0 Å². The molecule has 0 aliphatic carbocycles. The van der Waals surface area contributed by atoms with Crippen LogP contribution in [0, 0.1) is 18.3 Å². The van der Waals surface area contributed by atoms with E-state index in [1.807, 2.05) is 6.07 Å². The summed E-state index contributed by atoms with van der Waals surface area (Å²) in [5.74, 6) is -0.182. The number of phenolic OH excluding ortho intramolecular Hbond substituents is 1. The number of amides is 1. The first-order valence-electron chi connectivity index (χ1n) is 4.48. The quantitative estimate of drug-likeness (QED) is 0.738. The summed E-state index contributed by atoms with van der Waals surface area (Å²) in [7, 11) is 1.54. The van der Waals surface area contributed by atoms with Crippen LogP contribution in [0.4, 0.5) is 0 Å². The van der Waals surface area contributed by atoms with Gasteiger partial charge in [0.1, 0.15) is 12.3 Å². The molecule has 0 fully saturated rings. The number of carbonyl (C=O) groups is 1. The minimum absolute atomic E-state index is 0.0352. The molecule has 1 amide bonds. The standard InChI is InChI=1S/C11H12N2O2/c1-8-3-4-9(7-10(8)14)11(15)13(2)6-5-12/h3-4,7,14H,6H2,1-2H3. The van der Waals surface area contributed by atoms with Crippen LogP contribution in [0.5, 0.6) is 5.75 Å². The van der Waals surface area contributed by atoms with E-state index in [-0.39, 0.29) is 18.2 Å². The van der Waals surface area contributed by atoms with E-state index < -0.39 is 0 Å². The number of hydrogen-bond acceptors (Lipinski definition) is 3. The van der Waals surface area contributed by atoms with Gasteiger partial charge >= 0.3 is 0 Å². The summed E-state index contributed by atoms with van der Waals surface area (Å²) in [6.07, 6.45) is 0. The average Bonchev–Trinajstić information content (AvgIpc) is 2.21. The fourth-order valence-electron chi connectivity index (χ4n) is 1.14. The second kappa shape index (κ2) is 4.47. The highest BCUT2D eigenvalue weighted by Gasteiger charge is 2.11. The maximum atomic E-state index is 11.7. The Hall–Kier alpha value is -2.02. The Labute approximate surface area is 88.4 Å². The van der Waals surface area contributed by atoms with Crippen molar-refractivity contribution in [2.75, 3.05) is 13.6 Å². The van der Waals surface area contributed by atoms with Crippen molar-refractivity contribution >= 4 is 5.91 Å². The zero-order valence-corrected chi connectivity index (χ0v) is 8.69. The van der Waals surface area contributed by atoms with E-state index in [4.69, 9.17) is 5.26 Å². The zero-order chi connectivity index (χ0) is 11.4. The summed E-state index contributed by atoms with van der Waals surface area (Å²) in [6.45, 7) is 1.79. The van der Waals surface area contributed by atoms with Crippen LogP contribution in [-0.4, -0.2) is 29.5 Å². The third-order valence-electron chi connectivity index (χ3n) is 2.11. The van der Waals surface area contributed by atoms with Gasteiger partial charge in [-0.1, -0.05) is 6.07 Å². The lowest BCUT2D eigenvalue weighted by Gasteiger charge is -2.13. The van der Waals surface area contributed by atoms with E-state index in [0.29, 0.717) is 5.56 Å². The maximum Gasteiger partial charge on any atom is 0.254 e. The summed E-state index contributed by atoms with van der Waals surface area (Å²) in [4.78, 5) is 13.0. The molecule has 0 saturated heterocycles. The average molecular weight is 204 g/mol. The molecule has 0 unspecified atom stereocenters. The van der Waals surface area contributed by atoms with Crippen molar-refractivity contribution in [1.29, 1.82) is 5.26 Å². The molecule has 0 heterocycles. The first-order chi connectivity index (χ1) is 7.06. The predicted molar refractivity (Wildman–Crippen MR) is 55.4 cm³/mol. The number of carbonyl (C=O) groups excluding carboxylic acids is 1. The number of phenols is 1. The van der Waals surface area contributed by atoms with E-state index in [1.165, 1.54) is 11.0 Å². The second-order valence-corrected chi connectivity index (χ2v) is 3.32. The van der Waals surface area contributed by atoms with Crippen LogP contribution in [0.1, 0.15) is 15.9 Å². The molecule has 15 heavy (non-hydrogen) atoms. The van der Waals surface area contributed by atoms with Crippen molar-refractivity contribution in [3.05, 3.63) is 29.3 Å². The Bertz CT molecular complexity index is 421. The molecule has 1 N–H and O–H groups in total. The molecule has 0 aliphatic heterocycles. The van der Waals surface area contributed by atoms with Gasteiger partial charge in [-0.05, 0) is 24.6 Å². The van der Waals surface area contributed by atoms with Gasteiger partial charge in [0.2, 0.25) is 0 Å². The normalized spacial score (nSPS) is 9.40. The molecule has 1 aromatic rings. The minimum atomic E-state index is -0.271. The first kappa shape index (κ1) is 11.1.